The number of hydrogen-bond donors (Lipinski definition) is 1. The van der Waals surface area contributed by atoms with Gasteiger partial charge in [0, 0.05) is 12.5 Å². The van der Waals surface area contributed by atoms with Crippen molar-refractivity contribution in [2.75, 3.05) is 11.9 Å². The number of nitrogens with zero attached hydrogens (tertiary/aromatic N) is 2. The molecule has 1 saturated heterocycles. The Labute approximate surface area is 189 Å². The molecule has 33 heavy (non-hydrogen) atoms. The summed E-state index contributed by atoms with van der Waals surface area (Å²) in [5, 5.41) is 6.13. The quantitative estimate of drug-likeness (QED) is 0.389. The molecule has 0 unspecified atom stereocenters. The fourth-order valence-corrected chi connectivity index (χ4v) is 5.19. The van der Waals surface area contributed by atoms with Gasteiger partial charge in [-0.1, -0.05) is 47.6 Å². The minimum atomic E-state index is -1.14. The molecular formula is C24H23N3O6. The van der Waals surface area contributed by atoms with Gasteiger partial charge in [0.2, 0.25) is 11.8 Å². The van der Waals surface area contributed by atoms with E-state index in [2.05, 4.69) is 10.5 Å². The van der Waals surface area contributed by atoms with Crippen molar-refractivity contribution >= 4 is 29.5 Å². The third kappa shape index (κ3) is 3.83. The Hall–Kier alpha value is -3.75. The van der Waals surface area contributed by atoms with E-state index in [4.69, 9.17) is 9.26 Å². The minimum absolute atomic E-state index is 0.0338. The standard InChI is InChI=1S/C24H23N3O6/c1-13-9-18(26-33-13)25-19(28)12-32-24(31)17(10-14-5-3-2-4-6-14)27-22(29)20-15-7-8-16(11-15)21(20)23(27)30/h2-9,15-17,20-21H,10-12H2,1H3,(H,25,26,28)/t15-,16-,17-,20-,21+/m0/s1. The molecule has 2 bridgehead atoms. The molecule has 0 radical (unpaired) electrons. The van der Waals surface area contributed by atoms with E-state index >= 15 is 0 Å². The highest BCUT2D eigenvalue weighted by atomic mass is 16.5. The molecule has 3 amide bonds. The van der Waals surface area contributed by atoms with Gasteiger partial charge >= 0.3 is 5.97 Å². The lowest BCUT2D eigenvalue weighted by molar-refractivity contribution is -0.160. The van der Waals surface area contributed by atoms with Crippen molar-refractivity contribution in [2.24, 2.45) is 23.7 Å². The second-order valence-corrected chi connectivity index (χ2v) is 8.73. The number of fused-ring (bicyclic) bond motifs is 5. The molecule has 9 heteroatoms. The van der Waals surface area contributed by atoms with E-state index in [0.29, 0.717) is 5.76 Å². The van der Waals surface area contributed by atoms with Gasteiger partial charge in [0.25, 0.3) is 5.91 Å². The van der Waals surface area contributed by atoms with Gasteiger partial charge in [0.1, 0.15) is 11.8 Å². The zero-order valence-electron chi connectivity index (χ0n) is 18.0. The largest absolute Gasteiger partial charge is 0.454 e. The van der Waals surface area contributed by atoms with Crippen LogP contribution in [0.5, 0.6) is 0 Å². The lowest BCUT2D eigenvalue weighted by Crippen LogP contribution is -2.48. The first-order valence-corrected chi connectivity index (χ1v) is 10.9. The lowest BCUT2D eigenvalue weighted by atomic mass is 9.85. The van der Waals surface area contributed by atoms with E-state index in [0.717, 1.165) is 16.9 Å². The van der Waals surface area contributed by atoms with Gasteiger partial charge in [-0.2, -0.15) is 0 Å². The number of aryl methyl sites for hydroxylation is 1. The first-order valence-electron chi connectivity index (χ1n) is 10.9. The number of carbonyl (C=O) groups excluding carboxylic acids is 4. The number of imide groups is 1. The summed E-state index contributed by atoms with van der Waals surface area (Å²) in [4.78, 5) is 52.9. The third-order valence-electron chi connectivity index (χ3n) is 6.60. The van der Waals surface area contributed by atoms with Gasteiger partial charge in [-0.25, -0.2) is 4.79 Å². The number of carbonyl (C=O) groups is 4. The average Bonchev–Trinajstić information content (AvgIpc) is 3.57. The second-order valence-electron chi connectivity index (χ2n) is 8.73. The average molecular weight is 449 g/mol. The van der Waals surface area contributed by atoms with Crippen molar-refractivity contribution < 1.29 is 28.4 Å². The first kappa shape index (κ1) is 21.1. The third-order valence-corrected chi connectivity index (χ3v) is 6.60. The number of rotatable bonds is 7. The van der Waals surface area contributed by atoms with Gasteiger partial charge in [-0.15, -0.1) is 0 Å². The summed E-state index contributed by atoms with van der Waals surface area (Å²) >= 11 is 0. The number of hydrogen-bond acceptors (Lipinski definition) is 7. The molecule has 5 rings (SSSR count). The van der Waals surface area contributed by atoms with Crippen LogP contribution in [0, 0.1) is 30.6 Å². The number of amides is 3. The summed E-state index contributed by atoms with van der Waals surface area (Å²) in [7, 11) is 0. The van der Waals surface area contributed by atoms with Gasteiger partial charge in [-0.3, -0.25) is 19.3 Å². The second kappa shape index (κ2) is 8.31. The molecule has 5 atom stereocenters. The summed E-state index contributed by atoms with van der Waals surface area (Å²) in [5.41, 5.74) is 0.778. The smallest absolute Gasteiger partial charge is 0.330 e. The molecule has 0 spiro atoms. The highest BCUT2D eigenvalue weighted by molar-refractivity contribution is 6.09. The van der Waals surface area contributed by atoms with Crippen LogP contribution >= 0.6 is 0 Å². The molecule has 2 aromatic rings. The molecule has 1 N–H and O–H groups in total. The molecule has 2 aliphatic carbocycles. The van der Waals surface area contributed by atoms with Crippen molar-refractivity contribution in [3.63, 3.8) is 0 Å². The van der Waals surface area contributed by atoms with Crippen LogP contribution in [-0.2, 0) is 30.3 Å². The molecule has 3 aliphatic rings. The number of esters is 1. The Morgan fingerprint density at radius 1 is 1.15 bits per heavy atom. The SMILES string of the molecule is Cc1cc(NC(=O)COC(=O)[C@H](Cc2ccccc2)N2C(=O)[C@@H]3[C@H](C2=O)[C@H]2C=C[C@H]3C2)no1. The zero-order chi connectivity index (χ0) is 23.1. The van der Waals surface area contributed by atoms with Crippen LogP contribution in [-0.4, -0.2) is 46.4 Å². The van der Waals surface area contributed by atoms with Crippen molar-refractivity contribution in [3.8, 4) is 0 Å². The monoisotopic (exact) mass is 449 g/mol. The number of ether oxygens (including phenoxy) is 1. The van der Waals surface area contributed by atoms with Crippen LogP contribution in [0.25, 0.3) is 0 Å². The zero-order valence-corrected chi connectivity index (χ0v) is 18.0. The number of allylic oxidation sites excluding steroid dienone is 2. The fourth-order valence-electron chi connectivity index (χ4n) is 5.19. The number of likely N-dealkylation sites (tertiary alicyclic amines) is 1. The Morgan fingerprint density at radius 2 is 1.82 bits per heavy atom. The molecular weight excluding hydrogens is 426 g/mol. The summed E-state index contributed by atoms with van der Waals surface area (Å²) in [6, 6.07) is 9.50. The van der Waals surface area contributed by atoms with Gasteiger partial charge in [0.15, 0.2) is 12.4 Å². The van der Waals surface area contributed by atoms with E-state index in [1.54, 1.807) is 6.92 Å². The minimum Gasteiger partial charge on any atom is -0.454 e. The topological polar surface area (TPSA) is 119 Å². The highest BCUT2D eigenvalue weighted by Gasteiger charge is 2.61. The molecule has 2 fully saturated rings. The normalized spacial score (nSPS) is 25.9. The van der Waals surface area contributed by atoms with Crippen molar-refractivity contribution in [2.45, 2.75) is 25.8 Å². The maximum absolute atomic E-state index is 13.3. The molecule has 1 aliphatic heterocycles. The predicted molar refractivity (Wildman–Crippen MR) is 114 cm³/mol. The summed E-state index contributed by atoms with van der Waals surface area (Å²) in [6.07, 6.45) is 4.92. The number of benzene rings is 1. The van der Waals surface area contributed by atoms with Crippen LogP contribution in [0.1, 0.15) is 17.7 Å². The van der Waals surface area contributed by atoms with Crippen molar-refractivity contribution in [3.05, 3.63) is 59.9 Å². The first-order chi connectivity index (χ1) is 15.9. The fraction of sp³-hybridized carbons (Fsp3) is 0.375. The van der Waals surface area contributed by atoms with Gasteiger partial charge in [-0.05, 0) is 30.7 Å². The summed E-state index contributed by atoms with van der Waals surface area (Å²) in [5.74, 6) is -2.11. The highest BCUT2D eigenvalue weighted by Crippen LogP contribution is 2.53. The summed E-state index contributed by atoms with van der Waals surface area (Å²) in [6.45, 7) is 1.10. The van der Waals surface area contributed by atoms with Crippen LogP contribution in [0.4, 0.5) is 5.82 Å². The maximum atomic E-state index is 13.3. The molecule has 1 aromatic carbocycles. The predicted octanol–water partition coefficient (Wildman–Crippen LogP) is 1.88. The maximum Gasteiger partial charge on any atom is 0.330 e. The molecule has 1 aromatic heterocycles. The molecule has 1 saturated carbocycles. The van der Waals surface area contributed by atoms with E-state index in [9.17, 15) is 19.2 Å². The number of aromatic nitrogens is 1. The van der Waals surface area contributed by atoms with Crippen LogP contribution < -0.4 is 5.32 Å². The van der Waals surface area contributed by atoms with E-state index in [1.165, 1.54) is 6.07 Å². The molecule has 2 heterocycles. The van der Waals surface area contributed by atoms with Gasteiger partial charge < -0.3 is 14.6 Å². The van der Waals surface area contributed by atoms with E-state index in [-0.39, 0.29) is 35.9 Å². The van der Waals surface area contributed by atoms with Crippen LogP contribution in [0.3, 0.4) is 0 Å². The van der Waals surface area contributed by atoms with E-state index < -0.39 is 36.4 Å². The van der Waals surface area contributed by atoms with Crippen LogP contribution in [0.15, 0.2) is 53.1 Å². The Kier molecular flexibility index (Phi) is 5.32. The summed E-state index contributed by atoms with van der Waals surface area (Å²) < 4.78 is 10.1. The molecule has 170 valence electrons. The Bertz CT molecular complexity index is 1110. The Morgan fingerprint density at radius 3 is 2.42 bits per heavy atom. The van der Waals surface area contributed by atoms with Crippen molar-refractivity contribution in [1.29, 1.82) is 0 Å². The van der Waals surface area contributed by atoms with Crippen LogP contribution in [0.2, 0.25) is 0 Å². The van der Waals surface area contributed by atoms with Gasteiger partial charge in [0.05, 0.1) is 11.8 Å². The van der Waals surface area contributed by atoms with Crippen molar-refractivity contribution in [1.82, 2.24) is 10.1 Å². The molecule has 9 nitrogen and oxygen atoms in total. The Balaban J connectivity index is 1.32. The number of anilines is 1. The van der Waals surface area contributed by atoms with E-state index in [1.807, 2.05) is 42.5 Å². The number of nitrogens with one attached hydrogen (secondary N) is 1. The lowest BCUT2D eigenvalue weighted by Gasteiger charge is -2.26.